The van der Waals surface area contributed by atoms with Crippen LogP contribution in [-0.2, 0) is 11.2 Å². The smallest absolute Gasteiger partial charge is 0.327 e. The number of urea groups is 1. The third kappa shape index (κ3) is 2.91. The number of rotatable bonds is 5. The monoisotopic (exact) mass is 277 g/mol. The maximum Gasteiger partial charge on any atom is 0.327 e. The van der Waals surface area contributed by atoms with E-state index in [0.29, 0.717) is 18.7 Å². The van der Waals surface area contributed by atoms with Crippen LogP contribution in [0, 0.1) is 0 Å². The molecule has 2 rings (SSSR count). The highest BCUT2D eigenvalue weighted by atomic mass is 16.4. The number of nitrogens with zero attached hydrogens (tertiary/aromatic N) is 1. The van der Waals surface area contributed by atoms with Gasteiger partial charge in [-0.15, -0.1) is 0 Å². The van der Waals surface area contributed by atoms with Crippen molar-refractivity contribution in [2.75, 3.05) is 25.0 Å². The van der Waals surface area contributed by atoms with Crippen LogP contribution in [0.5, 0.6) is 0 Å². The fraction of sp³-hybridized carbons (Fsp3) is 0.429. The van der Waals surface area contributed by atoms with Crippen LogP contribution in [0.2, 0.25) is 0 Å². The lowest BCUT2D eigenvalue weighted by Gasteiger charge is -2.23. The van der Waals surface area contributed by atoms with E-state index in [0.717, 1.165) is 18.5 Å². The van der Waals surface area contributed by atoms with Crippen molar-refractivity contribution in [3.63, 3.8) is 0 Å². The summed E-state index contributed by atoms with van der Waals surface area (Å²) in [5.74, 6) is -0.980. The lowest BCUT2D eigenvalue weighted by Crippen LogP contribution is -2.48. The number of fused-ring (bicyclic) bond motifs is 1. The number of carbonyl (C=O) groups excluding carboxylic acids is 1. The Bertz CT molecular complexity index is 504. The topological polar surface area (TPSA) is 81.7 Å². The van der Waals surface area contributed by atoms with Crippen LogP contribution >= 0.6 is 0 Å². The number of aliphatic carboxylic acids is 1. The third-order valence-electron chi connectivity index (χ3n) is 3.36. The summed E-state index contributed by atoms with van der Waals surface area (Å²) in [6.45, 7) is 1.32. The first kappa shape index (κ1) is 14.3. The molecular weight excluding hydrogens is 258 g/mol. The fourth-order valence-electron chi connectivity index (χ4n) is 2.38. The zero-order chi connectivity index (χ0) is 14.5. The van der Waals surface area contributed by atoms with E-state index < -0.39 is 12.0 Å². The molecule has 0 radical (unpaired) electrons. The van der Waals surface area contributed by atoms with Crippen LogP contribution in [-0.4, -0.2) is 43.3 Å². The van der Waals surface area contributed by atoms with Gasteiger partial charge in [0.25, 0.3) is 0 Å². The SMILES string of the molecule is CNCCCNC(=O)N1c2ccccc2CC1C(=O)O. The summed E-state index contributed by atoms with van der Waals surface area (Å²) in [5.41, 5.74) is 1.58. The molecule has 108 valence electrons. The first-order valence-electron chi connectivity index (χ1n) is 6.67. The lowest BCUT2D eigenvalue weighted by atomic mass is 10.1. The molecule has 1 atom stereocenters. The van der Waals surface area contributed by atoms with Gasteiger partial charge in [-0.3, -0.25) is 4.90 Å². The number of carbonyl (C=O) groups is 2. The Morgan fingerprint density at radius 2 is 2.10 bits per heavy atom. The Labute approximate surface area is 117 Å². The van der Waals surface area contributed by atoms with Crippen LogP contribution in [0.15, 0.2) is 24.3 Å². The van der Waals surface area contributed by atoms with Gasteiger partial charge in [0.15, 0.2) is 0 Å². The van der Waals surface area contributed by atoms with Gasteiger partial charge < -0.3 is 15.7 Å². The van der Waals surface area contributed by atoms with Crippen LogP contribution in [0.3, 0.4) is 0 Å². The van der Waals surface area contributed by atoms with Crippen molar-refractivity contribution in [1.29, 1.82) is 0 Å². The second-order valence-corrected chi connectivity index (χ2v) is 4.75. The largest absolute Gasteiger partial charge is 0.480 e. The van der Waals surface area contributed by atoms with Gasteiger partial charge in [0.2, 0.25) is 0 Å². The predicted octanol–water partition coefficient (Wildman–Crippen LogP) is 0.821. The molecule has 0 saturated carbocycles. The van der Waals surface area contributed by atoms with Crippen LogP contribution < -0.4 is 15.5 Å². The Morgan fingerprint density at radius 1 is 1.35 bits per heavy atom. The summed E-state index contributed by atoms with van der Waals surface area (Å²) in [6, 6.07) is 6.14. The van der Waals surface area contributed by atoms with E-state index in [9.17, 15) is 14.7 Å². The van der Waals surface area contributed by atoms with E-state index in [1.807, 2.05) is 25.2 Å². The average Bonchev–Trinajstić information content (AvgIpc) is 2.83. The van der Waals surface area contributed by atoms with E-state index in [-0.39, 0.29) is 6.03 Å². The Morgan fingerprint density at radius 3 is 2.80 bits per heavy atom. The summed E-state index contributed by atoms with van der Waals surface area (Å²) < 4.78 is 0. The van der Waals surface area contributed by atoms with Crippen LogP contribution in [0.25, 0.3) is 0 Å². The number of carboxylic acid groups (broad SMARTS) is 1. The van der Waals surface area contributed by atoms with Crippen molar-refractivity contribution in [3.8, 4) is 0 Å². The molecule has 1 heterocycles. The molecule has 6 nitrogen and oxygen atoms in total. The second-order valence-electron chi connectivity index (χ2n) is 4.75. The number of para-hydroxylation sites is 1. The summed E-state index contributed by atoms with van der Waals surface area (Å²) in [5, 5.41) is 15.0. The minimum Gasteiger partial charge on any atom is -0.480 e. The zero-order valence-corrected chi connectivity index (χ0v) is 11.4. The van der Waals surface area contributed by atoms with E-state index in [2.05, 4.69) is 10.6 Å². The fourth-order valence-corrected chi connectivity index (χ4v) is 2.38. The van der Waals surface area contributed by atoms with E-state index in [1.54, 1.807) is 6.07 Å². The van der Waals surface area contributed by atoms with Crippen molar-refractivity contribution in [1.82, 2.24) is 10.6 Å². The summed E-state index contributed by atoms with van der Waals surface area (Å²) in [6.07, 6.45) is 1.16. The van der Waals surface area contributed by atoms with E-state index in [1.165, 1.54) is 4.90 Å². The van der Waals surface area contributed by atoms with Crippen molar-refractivity contribution in [2.24, 2.45) is 0 Å². The molecule has 6 heteroatoms. The Kier molecular flexibility index (Phi) is 4.57. The van der Waals surface area contributed by atoms with Gasteiger partial charge in [-0.2, -0.15) is 0 Å². The molecular formula is C14H19N3O3. The summed E-state index contributed by atoms with van der Waals surface area (Å²) >= 11 is 0. The molecule has 0 fully saturated rings. The maximum atomic E-state index is 12.2. The highest BCUT2D eigenvalue weighted by Crippen LogP contribution is 2.32. The molecule has 0 aromatic heterocycles. The van der Waals surface area contributed by atoms with Crippen molar-refractivity contribution < 1.29 is 14.7 Å². The average molecular weight is 277 g/mol. The van der Waals surface area contributed by atoms with Gasteiger partial charge in [-0.1, -0.05) is 18.2 Å². The minimum atomic E-state index is -0.980. The van der Waals surface area contributed by atoms with E-state index >= 15 is 0 Å². The van der Waals surface area contributed by atoms with Gasteiger partial charge in [-0.25, -0.2) is 9.59 Å². The third-order valence-corrected chi connectivity index (χ3v) is 3.36. The molecule has 1 aliphatic rings. The van der Waals surface area contributed by atoms with Crippen molar-refractivity contribution >= 4 is 17.7 Å². The highest BCUT2D eigenvalue weighted by Gasteiger charge is 2.38. The van der Waals surface area contributed by atoms with E-state index in [4.69, 9.17) is 0 Å². The maximum absolute atomic E-state index is 12.2. The molecule has 1 aromatic rings. The number of amides is 2. The molecule has 0 bridgehead atoms. The number of carboxylic acids is 1. The van der Waals surface area contributed by atoms with Crippen molar-refractivity contribution in [3.05, 3.63) is 29.8 Å². The second kappa shape index (κ2) is 6.38. The molecule has 20 heavy (non-hydrogen) atoms. The Balaban J connectivity index is 2.10. The molecule has 0 aliphatic carbocycles. The Hall–Kier alpha value is -2.08. The highest BCUT2D eigenvalue weighted by molar-refractivity contribution is 6.01. The number of hydrogen-bond donors (Lipinski definition) is 3. The van der Waals surface area contributed by atoms with Crippen LogP contribution in [0.4, 0.5) is 10.5 Å². The molecule has 3 N–H and O–H groups in total. The molecule has 0 spiro atoms. The first-order chi connectivity index (χ1) is 9.65. The molecule has 2 amide bonds. The molecule has 1 aliphatic heterocycles. The zero-order valence-electron chi connectivity index (χ0n) is 11.4. The van der Waals surface area contributed by atoms with Gasteiger partial charge in [0.05, 0.1) is 0 Å². The number of nitrogens with one attached hydrogen (secondary N) is 2. The number of anilines is 1. The molecule has 1 unspecified atom stereocenters. The standard InChI is InChI=1S/C14H19N3O3/c1-15-7-4-8-16-14(20)17-11-6-3-2-5-10(11)9-12(17)13(18)19/h2-3,5-6,12,15H,4,7-9H2,1H3,(H,16,20)(H,18,19). The number of hydrogen-bond acceptors (Lipinski definition) is 3. The predicted molar refractivity (Wildman–Crippen MR) is 76.0 cm³/mol. The lowest BCUT2D eigenvalue weighted by molar-refractivity contribution is -0.138. The first-order valence-corrected chi connectivity index (χ1v) is 6.67. The summed E-state index contributed by atoms with van der Waals surface area (Å²) in [7, 11) is 1.85. The van der Waals surface area contributed by atoms with Gasteiger partial charge in [0.1, 0.15) is 6.04 Å². The quantitative estimate of drug-likeness (QED) is 0.696. The molecule has 0 saturated heterocycles. The molecule has 1 aromatic carbocycles. The van der Waals surface area contributed by atoms with Crippen molar-refractivity contribution in [2.45, 2.75) is 18.9 Å². The van der Waals surface area contributed by atoms with Gasteiger partial charge >= 0.3 is 12.0 Å². The minimum absolute atomic E-state index is 0.349. The van der Waals surface area contributed by atoms with Gasteiger partial charge in [-0.05, 0) is 31.6 Å². The summed E-state index contributed by atoms with van der Waals surface area (Å²) in [4.78, 5) is 24.9. The number of benzene rings is 1. The van der Waals surface area contributed by atoms with Crippen LogP contribution in [0.1, 0.15) is 12.0 Å². The normalized spacial score (nSPS) is 16.9. The van der Waals surface area contributed by atoms with Gasteiger partial charge in [0, 0.05) is 18.7 Å².